The quantitative estimate of drug-likeness (QED) is 0.581. The van der Waals surface area contributed by atoms with Gasteiger partial charge in [-0.3, -0.25) is 4.79 Å². The fourth-order valence-corrected chi connectivity index (χ4v) is 3.20. The van der Waals surface area contributed by atoms with E-state index in [0.29, 0.717) is 23.6 Å². The molecule has 6 nitrogen and oxygen atoms in total. The third-order valence-electron chi connectivity index (χ3n) is 3.74. The van der Waals surface area contributed by atoms with Crippen molar-refractivity contribution in [2.75, 3.05) is 11.9 Å². The lowest BCUT2D eigenvalue weighted by atomic mass is 10.1. The first-order valence-electron chi connectivity index (χ1n) is 8.83. The van der Waals surface area contributed by atoms with Crippen molar-refractivity contribution in [1.82, 2.24) is 4.98 Å². The zero-order valence-electron chi connectivity index (χ0n) is 15.4. The molecule has 0 fully saturated rings. The van der Waals surface area contributed by atoms with Crippen molar-refractivity contribution in [1.29, 1.82) is 0 Å². The van der Waals surface area contributed by atoms with Gasteiger partial charge < -0.3 is 14.8 Å². The summed E-state index contributed by atoms with van der Waals surface area (Å²) in [7, 11) is 0. The average Bonchev–Trinajstić information content (AvgIpc) is 3.15. The lowest BCUT2D eigenvalue weighted by Crippen LogP contribution is -2.17. The number of thiazole rings is 1. The van der Waals surface area contributed by atoms with Gasteiger partial charge in [-0.25, -0.2) is 9.78 Å². The lowest BCUT2D eigenvalue weighted by molar-refractivity contribution is -0.115. The van der Waals surface area contributed by atoms with E-state index in [0.717, 1.165) is 10.8 Å². The molecule has 3 rings (SSSR count). The van der Waals surface area contributed by atoms with E-state index in [9.17, 15) is 9.59 Å². The highest BCUT2D eigenvalue weighted by Crippen LogP contribution is 2.18. The highest BCUT2D eigenvalue weighted by atomic mass is 32.1. The second-order valence-corrected chi connectivity index (χ2v) is 6.77. The van der Waals surface area contributed by atoms with Gasteiger partial charge in [-0.1, -0.05) is 30.3 Å². The van der Waals surface area contributed by atoms with Crippen LogP contribution in [0, 0.1) is 0 Å². The zero-order chi connectivity index (χ0) is 19.8. The molecule has 1 amide bonds. The molecule has 0 bridgehead atoms. The van der Waals surface area contributed by atoms with Crippen LogP contribution in [0.5, 0.6) is 5.75 Å². The summed E-state index contributed by atoms with van der Waals surface area (Å²) in [4.78, 5) is 28.8. The van der Waals surface area contributed by atoms with Gasteiger partial charge in [-0.05, 0) is 31.2 Å². The van der Waals surface area contributed by atoms with Gasteiger partial charge in [0.05, 0.1) is 30.0 Å². The van der Waals surface area contributed by atoms with E-state index >= 15 is 0 Å². The zero-order valence-corrected chi connectivity index (χ0v) is 16.2. The Kier molecular flexibility index (Phi) is 6.75. The van der Waals surface area contributed by atoms with Gasteiger partial charge in [0.25, 0.3) is 0 Å². The minimum atomic E-state index is -0.465. The number of esters is 1. The molecule has 1 N–H and O–H groups in total. The normalized spacial score (nSPS) is 10.3. The molecule has 0 aliphatic rings. The topological polar surface area (TPSA) is 77.5 Å². The summed E-state index contributed by atoms with van der Waals surface area (Å²) in [5.74, 6) is 0.0533. The van der Waals surface area contributed by atoms with Crippen molar-refractivity contribution in [3.63, 3.8) is 0 Å². The number of aromatic nitrogens is 1. The molecule has 0 saturated heterocycles. The summed E-state index contributed by atoms with van der Waals surface area (Å²) in [5, 5.41) is 5.38. The molecular weight excluding hydrogens is 376 g/mol. The Labute approximate surface area is 167 Å². The summed E-state index contributed by atoms with van der Waals surface area (Å²) < 4.78 is 10.7. The van der Waals surface area contributed by atoms with Crippen LogP contribution in [0.25, 0.3) is 0 Å². The Balaban J connectivity index is 1.57. The van der Waals surface area contributed by atoms with E-state index in [1.165, 1.54) is 11.3 Å². The van der Waals surface area contributed by atoms with Crippen LogP contribution in [0.1, 0.15) is 28.0 Å². The van der Waals surface area contributed by atoms with Crippen molar-refractivity contribution < 1.29 is 19.1 Å². The minimum Gasteiger partial charge on any atom is -0.486 e. The second kappa shape index (κ2) is 9.66. The SMILES string of the molecule is CCOC(=O)c1ccccc1NC(=O)Cc1csc(COc2ccccc2)n1. The summed E-state index contributed by atoms with van der Waals surface area (Å²) in [6, 6.07) is 16.3. The second-order valence-electron chi connectivity index (χ2n) is 5.83. The lowest BCUT2D eigenvalue weighted by Gasteiger charge is -2.09. The number of anilines is 1. The number of benzene rings is 2. The molecule has 0 atom stereocenters. The number of carbonyl (C=O) groups excluding carboxylic acids is 2. The van der Waals surface area contributed by atoms with Gasteiger partial charge in [-0.15, -0.1) is 11.3 Å². The summed E-state index contributed by atoms with van der Waals surface area (Å²) >= 11 is 1.44. The third-order valence-corrected chi connectivity index (χ3v) is 4.61. The predicted molar refractivity (Wildman–Crippen MR) is 108 cm³/mol. The number of hydrogen-bond donors (Lipinski definition) is 1. The van der Waals surface area contributed by atoms with Gasteiger partial charge in [-0.2, -0.15) is 0 Å². The number of nitrogens with one attached hydrogen (secondary N) is 1. The number of carbonyl (C=O) groups is 2. The van der Waals surface area contributed by atoms with Crippen LogP contribution in [-0.2, 0) is 22.6 Å². The van der Waals surface area contributed by atoms with Crippen molar-refractivity contribution >= 4 is 28.9 Å². The van der Waals surface area contributed by atoms with Crippen LogP contribution in [0.2, 0.25) is 0 Å². The molecule has 1 aromatic heterocycles. The van der Waals surface area contributed by atoms with Gasteiger partial charge in [0.15, 0.2) is 0 Å². The third kappa shape index (κ3) is 5.40. The van der Waals surface area contributed by atoms with Crippen molar-refractivity contribution in [3.8, 4) is 5.75 Å². The fraction of sp³-hybridized carbons (Fsp3) is 0.190. The van der Waals surface area contributed by atoms with Crippen LogP contribution in [0.4, 0.5) is 5.69 Å². The average molecular weight is 396 g/mol. The fourth-order valence-electron chi connectivity index (χ4n) is 2.50. The summed E-state index contributed by atoms with van der Waals surface area (Å²) in [6.45, 7) is 2.36. The van der Waals surface area contributed by atoms with Crippen LogP contribution in [-0.4, -0.2) is 23.5 Å². The number of ether oxygens (including phenoxy) is 2. The number of amides is 1. The number of rotatable bonds is 8. The Morgan fingerprint density at radius 3 is 2.61 bits per heavy atom. The van der Waals surface area contributed by atoms with Crippen molar-refractivity contribution in [2.45, 2.75) is 20.0 Å². The van der Waals surface area contributed by atoms with Gasteiger partial charge in [0.2, 0.25) is 5.91 Å². The van der Waals surface area contributed by atoms with Gasteiger partial charge in [0.1, 0.15) is 17.4 Å². The molecular formula is C21H20N2O4S. The molecule has 0 aliphatic carbocycles. The molecule has 2 aromatic carbocycles. The summed E-state index contributed by atoms with van der Waals surface area (Å²) in [6.07, 6.45) is 0.110. The highest BCUT2D eigenvalue weighted by molar-refractivity contribution is 7.09. The molecule has 144 valence electrons. The van der Waals surface area contributed by atoms with Gasteiger partial charge >= 0.3 is 5.97 Å². The molecule has 0 unspecified atom stereocenters. The maximum Gasteiger partial charge on any atom is 0.340 e. The Morgan fingerprint density at radius 2 is 1.82 bits per heavy atom. The molecule has 7 heteroatoms. The minimum absolute atomic E-state index is 0.110. The smallest absolute Gasteiger partial charge is 0.340 e. The van der Waals surface area contributed by atoms with Crippen molar-refractivity contribution in [2.24, 2.45) is 0 Å². The van der Waals surface area contributed by atoms with E-state index < -0.39 is 5.97 Å². The van der Waals surface area contributed by atoms with Crippen LogP contribution in [0.15, 0.2) is 60.0 Å². The van der Waals surface area contributed by atoms with Crippen LogP contribution < -0.4 is 10.1 Å². The first-order valence-corrected chi connectivity index (χ1v) is 9.71. The number of hydrogen-bond acceptors (Lipinski definition) is 6. The molecule has 3 aromatic rings. The Hall–Kier alpha value is -3.19. The van der Waals surface area contributed by atoms with E-state index in [1.54, 1.807) is 31.2 Å². The summed E-state index contributed by atoms with van der Waals surface area (Å²) in [5.41, 5.74) is 1.41. The molecule has 28 heavy (non-hydrogen) atoms. The first kappa shape index (κ1) is 19.6. The first-order chi connectivity index (χ1) is 13.7. The maximum absolute atomic E-state index is 12.4. The van der Waals surface area contributed by atoms with Crippen LogP contribution in [0.3, 0.4) is 0 Å². The van der Waals surface area contributed by atoms with E-state index in [2.05, 4.69) is 10.3 Å². The van der Waals surface area contributed by atoms with E-state index in [4.69, 9.17) is 9.47 Å². The molecule has 0 aliphatic heterocycles. The van der Waals surface area contributed by atoms with E-state index in [-0.39, 0.29) is 18.9 Å². The van der Waals surface area contributed by atoms with E-state index in [1.807, 2.05) is 35.7 Å². The van der Waals surface area contributed by atoms with Crippen molar-refractivity contribution in [3.05, 3.63) is 76.2 Å². The van der Waals surface area contributed by atoms with Crippen LogP contribution >= 0.6 is 11.3 Å². The monoisotopic (exact) mass is 396 g/mol. The maximum atomic E-state index is 12.4. The molecule has 0 saturated carbocycles. The highest BCUT2D eigenvalue weighted by Gasteiger charge is 2.15. The standard InChI is InChI=1S/C21H20N2O4S/c1-2-26-21(25)17-10-6-7-11-18(17)23-19(24)12-15-14-28-20(22-15)13-27-16-8-4-3-5-9-16/h3-11,14H,2,12-13H2,1H3,(H,23,24). The van der Waals surface area contributed by atoms with Gasteiger partial charge in [0, 0.05) is 5.38 Å². The molecule has 1 heterocycles. The Morgan fingerprint density at radius 1 is 1.07 bits per heavy atom. The largest absolute Gasteiger partial charge is 0.486 e. The molecule has 0 spiro atoms. The number of nitrogens with zero attached hydrogens (tertiary/aromatic N) is 1. The number of para-hydroxylation sites is 2. The predicted octanol–water partition coefficient (Wildman–Crippen LogP) is 4.08. The molecule has 0 radical (unpaired) electrons. The Bertz CT molecular complexity index is 940.